The lowest BCUT2D eigenvalue weighted by molar-refractivity contribution is -0.122. The zero-order valence-corrected chi connectivity index (χ0v) is 14.9. The maximum atomic E-state index is 12.0. The van der Waals surface area contributed by atoms with E-state index < -0.39 is 16.3 Å². The first-order valence-electron chi connectivity index (χ1n) is 7.91. The lowest BCUT2D eigenvalue weighted by Gasteiger charge is -2.16. The first kappa shape index (κ1) is 18.4. The first-order chi connectivity index (χ1) is 11.3. The monoisotopic (exact) mass is 352 g/mol. The van der Waals surface area contributed by atoms with Gasteiger partial charge in [0, 0.05) is 29.7 Å². The van der Waals surface area contributed by atoms with Gasteiger partial charge in [-0.05, 0) is 38.8 Å². The number of rotatable bonds is 8. The zero-order valence-electron chi connectivity index (χ0n) is 14.1. The number of hydrogen-bond donors (Lipinski definition) is 4. The number of carbonyl (C=O) groups excluding carboxylic acids is 1. The Morgan fingerprint density at radius 2 is 1.88 bits per heavy atom. The topological polar surface area (TPSA) is 103 Å². The standard InChI is InChI=1S/C16H24N4O3S/c1-11(2)19-24(22,23)20-12(3)16(21)17-9-8-13-10-18-15-7-5-4-6-14(13)15/h4-7,10-12,18-20H,8-9H2,1-3H3,(H,17,21)/t12-/m1/s1. The van der Waals surface area contributed by atoms with Crippen molar-refractivity contribution in [1.82, 2.24) is 19.7 Å². The van der Waals surface area contributed by atoms with Gasteiger partial charge in [0.05, 0.1) is 6.04 Å². The second kappa shape index (κ2) is 7.78. The van der Waals surface area contributed by atoms with E-state index in [0.717, 1.165) is 16.5 Å². The van der Waals surface area contributed by atoms with Gasteiger partial charge in [-0.15, -0.1) is 0 Å². The van der Waals surface area contributed by atoms with Crippen LogP contribution in [0.15, 0.2) is 30.5 Å². The highest BCUT2D eigenvalue weighted by molar-refractivity contribution is 7.87. The Bertz CT molecular complexity index is 799. The average molecular weight is 352 g/mol. The van der Waals surface area contributed by atoms with Crippen molar-refractivity contribution in [2.45, 2.75) is 39.3 Å². The number of hydrogen-bond acceptors (Lipinski definition) is 3. The molecule has 2 aromatic rings. The van der Waals surface area contributed by atoms with Crippen LogP contribution in [0.2, 0.25) is 0 Å². The molecule has 0 saturated carbocycles. The fourth-order valence-electron chi connectivity index (χ4n) is 2.44. The van der Waals surface area contributed by atoms with E-state index in [4.69, 9.17) is 0 Å². The summed E-state index contributed by atoms with van der Waals surface area (Å²) in [7, 11) is -3.69. The number of amides is 1. The van der Waals surface area contributed by atoms with Crippen molar-refractivity contribution in [2.24, 2.45) is 0 Å². The SMILES string of the molecule is CC(C)NS(=O)(=O)N[C@H](C)C(=O)NCCc1c[nH]c2ccccc12. The van der Waals surface area contributed by atoms with E-state index in [0.29, 0.717) is 13.0 Å². The van der Waals surface area contributed by atoms with Crippen molar-refractivity contribution < 1.29 is 13.2 Å². The van der Waals surface area contributed by atoms with Crippen molar-refractivity contribution >= 4 is 27.0 Å². The minimum absolute atomic E-state index is 0.236. The van der Waals surface area contributed by atoms with Gasteiger partial charge in [0.25, 0.3) is 10.2 Å². The van der Waals surface area contributed by atoms with Gasteiger partial charge in [0.1, 0.15) is 0 Å². The van der Waals surface area contributed by atoms with Crippen LogP contribution < -0.4 is 14.8 Å². The molecule has 0 bridgehead atoms. The van der Waals surface area contributed by atoms with E-state index in [1.807, 2.05) is 30.5 Å². The molecule has 1 amide bonds. The Morgan fingerprint density at radius 1 is 1.17 bits per heavy atom. The Morgan fingerprint density at radius 3 is 2.58 bits per heavy atom. The van der Waals surface area contributed by atoms with Gasteiger partial charge in [0.2, 0.25) is 5.91 Å². The summed E-state index contributed by atoms with van der Waals surface area (Å²) in [6.45, 7) is 5.38. The van der Waals surface area contributed by atoms with Gasteiger partial charge in [-0.25, -0.2) is 0 Å². The summed E-state index contributed by atoms with van der Waals surface area (Å²) in [4.78, 5) is 15.2. The number of para-hydroxylation sites is 1. The van der Waals surface area contributed by atoms with Crippen molar-refractivity contribution in [3.8, 4) is 0 Å². The molecule has 1 atom stereocenters. The number of aromatic amines is 1. The molecule has 1 aromatic heterocycles. The third kappa shape index (κ3) is 5.05. The summed E-state index contributed by atoms with van der Waals surface area (Å²) >= 11 is 0. The number of fused-ring (bicyclic) bond motifs is 1. The van der Waals surface area contributed by atoms with Crippen molar-refractivity contribution in [2.75, 3.05) is 6.54 Å². The van der Waals surface area contributed by atoms with E-state index >= 15 is 0 Å². The molecule has 132 valence electrons. The second-order valence-electron chi connectivity index (χ2n) is 6.02. The van der Waals surface area contributed by atoms with E-state index in [1.54, 1.807) is 13.8 Å². The maximum absolute atomic E-state index is 12.0. The molecule has 0 aliphatic rings. The molecule has 0 aliphatic heterocycles. The molecule has 0 radical (unpaired) electrons. The first-order valence-corrected chi connectivity index (χ1v) is 9.39. The summed E-state index contributed by atoms with van der Waals surface area (Å²) in [6.07, 6.45) is 2.59. The highest BCUT2D eigenvalue weighted by Gasteiger charge is 2.20. The Hall–Kier alpha value is -1.90. The van der Waals surface area contributed by atoms with Gasteiger partial charge in [-0.1, -0.05) is 18.2 Å². The Labute approximate surface area is 142 Å². The van der Waals surface area contributed by atoms with Crippen LogP contribution in [0.1, 0.15) is 26.3 Å². The molecular weight excluding hydrogens is 328 g/mol. The van der Waals surface area contributed by atoms with Crippen LogP contribution in [0.5, 0.6) is 0 Å². The van der Waals surface area contributed by atoms with Crippen molar-refractivity contribution in [3.05, 3.63) is 36.0 Å². The van der Waals surface area contributed by atoms with Crippen LogP contribution in [-0.2, 0) is 21.4 Å². The summed E-state index contributed by atoms with van der Waals surface area (Å²) in [6, 6.07) is 6.87. The van der Waals surface area contributed by atoms with Crippen molar-refractivity contribution in [1.29, 1.82) is 0 Å². The highest BCUT2D eigenvalue weighted by atomic mass is 32.2. The summed E-state index contributed by atoms with van der Waals surface area (Å²) in [5, 5.41) is 3.88. The van der Waals surface area contributed by atoms with E-state index in [9.17, 15) is 13.2 Å². The largest absolute Gasteiger partial charge is 0.361 e. The normalized spacial score (nSPS) is 13.3. The Balaban J connectivity index is 1.84. The molecule has 2 rings (SSSR count). The van der Waals surface area contributed by atoms with Crippen LogP contribution in [0.3, 0.4) is 0 Å². The van der Waals surface area contributed by atoms with Gasteiger partial charge < -0.3 is 10.3 Å². The molecular formula is C16H24N4O3S. The van der Waals surface area contributed by atoms with Gasteiger partial charge in [-0.2, -0.15) is 17.9 Å². The molecule has 1 heterocycles. The van der Waals surface area contributed by atoms with Crippen LogP contribution in [0.4, 0.5) is 0 Å². The quantitative estimate of drug-likeness (QED) is 0.571. The fraction of sp³-hybridized carbons (Fsp3) is 0.438. The van der Waals surface area contributed by atoms with Crippen LogP contribution in [0, 0.1) is 0 Å². The second-order valence-corrected chi connectivity index (χ2v) is 7.49. The van der Waals surface area contributed by atoms with E-state index in [1.165, 1.54) is 6.92 Å². The molecule has 7 nitrogen and oxygen atoms in total. The average Bonchev–Trinajstić information content (AvgIpc) is 2.88. The van der Waals surface area contributed by atoms with Gasteiger partial charge in [-0.3, -0.25) is 4.79 Å². The molecule has 0 spiro atoms. The van der Waals surface area contributed by atoms with E-state index in [2.05, 4.69) is 19.7 Å². The molecule has 0 aliphatic carbocycles. The molecule has 0 saturated heterocycles. The molecule has 4 N–H and O–H groups in total. The van der Waals surface area contributed by atoms with Crippen LogP contribution in [0.25, 0.3) is 10.9 Å². The minimum Gasteiger partial charge on any atom is -0.361 e. The van der Waals surface area contributed by atoms with Gasteiger partial charge >= 0.3 is 0 Å². The number of H-pyrrole nitrogens is 1. The summed E-state index contributed by atoms with van der Waals surface area (Å²) in [5.74, 6) is -0.357. The lowest BCUT2D eigenvalue weighted by Crippen LogP contribution is -2.50. The third-order valence-electron chi connectivity index (χ3n) is 3.48. The third-order valence-corrected chi connectivity index (χ3v) is 4.93. The number of benzene rings is 1. The van der Waals surface area contributed by atoms with Gasteiger partial charge in [0.15, 0.2) is 0 Å². The minimum atomic E-state index is -3.69. The summed E-state index contributed by atoms with van der Waals surface area (Å²) in [5.41, 5.74) is 2.17. The highest BCUT2D eigenvalue weighted by Crippen LogP contribution is 2.17. The Kier molecular flexibility index (Phi) is 5.98. The predicted molar refractivity (Wildman–Crippen MR) is 94.8 cm³/mol. The van der Waals surface area contributed by atoms with Crippen LogP contribution in [-0.4, -0.2) is 37.9 Å². The smallest absolute Gasteiger partial charge is 0.277 e. The molecule has 24 heavy (non-hydrogen) atoms. The van der Waals surface area contributed by atoms with Crippen molar-refractivity contribution in [3.63, 3.8) is 0 Å². The number of carbonyl (C=O) groups is 1. The van der Waals surface area contributed by atoms with E-state index in [-0.39, 0.29) is 11.9 Å². The molecule has 1 aromatic carbocycles. The number of nitrogens with one attached hydrogen (secondary N) is 4. The summed E-state index contributed by atoms with van der Waals surface area (Å²) < 4.78 is 28.2. The molecule has 0 fully saturated rings. The zero-order chi connectivity index (χ0) is 17.7. The number of aromatic nitrogens is 1. The lowest BCUT2D eigenvalue weighted by atomic mass is 10.1. The maximum Gasteiger partial charge on any atom is 0.277 e. The van der Waals surface area contributed by atoms with Crippen LogP contribution >= 0.6 is 0 Å². The predicted octanol–water partition coefficient (Wildman–Crippen LogP) is 1.05. The molecule has 8 heteroatoms. The molecule has 0 unspecified atom stereocenters. The fourth-order valence-corrected chi connectivity index (χ4v) is 3.70.